The molecule has 0 atom stereocenters. The Kier molecular flexibility index (Phi) is 0.957. The minimum Gasteiger partial charge on any atom is -0.368 e. The predicted octanol–water partition coefficient (Wildman–Crippen LogP) is -0.964. The lowest BCUT2D eigenvalue weighted by atomic mass is 10.9. The van der Waals surface area contributed by atoms with Crippen LogP contribution in [0, 0.1) is 0 Å². The van der Waals surface area contributed by atoms with Crippen LogP contribution in [0.3, 0.4) is 0 Å². The minimum absolute atomic E-state index is 0.150. The van der Waals surface area contributed by atoms with Crippen molar-refractivity contribution < 1.29 is 0 Å². The highest BCUT2D eigenvalue weighted by Gasteiger charge is 1.86. The Morgan fingerprint density at radius 1 is 1.12 bits per heavy atom. The quantitative estimate of drug-likeness (QED) is 0.449. The van der Waals surface area contributed by atoms with Gasteiger partial charge < -0.3 is 11.5 Å². The van der Waals surface area contributed by atoms with Crippen LogP contribution >= 0.6 is 0 Å². The molecule has 0 aromatic carbocycles. The number of hydrogen-bond acceptors (Lipinski definition) is 5. The van der Waals surface area contributed by atoms with Gasteiger partial charge in [-0.1, -0.05) is 0 Å². The summed E-state index contributed by atoms with van der Waals surface area (Å²) in [5.74, 6) is 0.301. The summed E-state index contributed by atoms with van der Waals surface area (Å²) in [5.41, 5.74) is 10.2. The van der Waals surface area contributed by atoms with Gasteiger partial charge in [-0.15, -0.1) is 0 Å². The molecule has 42 valence electrons. The molecule has 0 saturated carbocycles. The molecule has 8 heavy (non-hydrogen) atoms. The van der Waals surface area contributed by atoms with Crippen molar-refractivity contribution in [3.63, 3.8) is 0 Å². The highest BCUT2D eigenvalue weighted by atomic mass is 15.1. The SMILES string of the molecule is Nc1ncnc(N)n1. The van der Waals surface area contributed by atoms with Gasteiger partial charge in [0.25, 0.3) is 0 Å². The molecular weight excluding hydrogens is 106 g/mol. The van der Waals surface area contributed by atoms with Gasteiger partial charge >= 0.3 is 0 Å². The lowest BCUT2D eigenvalue weighted by Crippen LogP contribution is -2.00. The number of nitrogen functional groups attached to an aromatic ring is 2. The number of hydrogen-bond donors (Lipinski definition) is 2. The standard InChI is InChI=1S/C3H5N5/c4-2-6-1-7-3(5)8-2/h1H,(H4,4,5,6,7,8). The summed E-state index contributed by atoms with van der Waals surface area (Å²) in [5, 5.41) is 0. The maximum absolute atomic E-state index is 5.12. The highest BCUT2D eigenvalue weighted by Crippen LogP contribution is 1.88. The van der Waals surface area contributed by atoms with E-state index in [9.17, 15) is 0 Å². The zero-order valence-electron chi connectivity index (χ0n) is 4.07. The minimum atomic E-state index is 0.150. The van der Waals surface area contributed by atoms with E-state index in [-0.39, 0.29) is 11.9 Å². The molecule has 1 aromatic heterocycles. The average molecular weight is 111 g/mol. The number of anilines is 2. The van der Waals surface area contributed by atoms with E-state index in [0.29, 0.717) is 0 Å². The Morgan fingerprint density at radius 3 is 1.88 bits per heavy atom. The zero-order chi connectivity index (χ0) is 5.98. The lowest BCUT2D eigenvalue weighted by molar-refractivity contribution is 1.08. The van der Waals surface area contributed by atoms with Crippen molar-refractivity contribution in [3.05, 3.63) is 6.33 Å². The van der Waals surface area contributed by atoms with Crippen LogP contribution in [-0.4, -0.2) is 15.0 Å². The third-order valence-electron chi connectivity index (χ3n) is 0.609. The van der Waals surface area contributed by atoms with Crippen LogP contribution in [0.2, 0.25) is 0 Å². The first-order chi connectivity index (χ1) is 3.79. The van der Waals surface area contributed by atoms with E-state index in [4.69, 9.17) is 11.5 Å². The molecule has 0 saturated heterocycles. The number of aromatic nitrogens is 3. The van der Waals surface area contributed by atoms with Crippen LogP contribution in [0.4, 0.5) is 11.9 Å². The number of nitrogens with zero attached hydrogens (tertiary/aromatic N) is 3. The fraction of sp³-hybridized carbons (Fsp3) is 0. The topological polar surface area (TPSA) is 90.7 Å². The van der Waals surface area contributed by atoms with Crippen molar-refractivity contribution >= 4 is 11.9 Å². The van der Waals surface area contributed by atoms with Crippen molar-refractivity contribution in [1.29, 1.82) is 0 Å². The van der Waals surface area contributed by atoms with E-state index in [1.165, 1.54) is 6.33 Å². The van der Waals surface area contributed by atoms with E-state index in [0.717, 1.165) is 0 Å². The molecule has 0 aliphatic carbocycles. The fourth-order valence-corrected chi connectivity index (χ4v) is 0.322. The van der Waals surface area contributed by atoms with Gasteiger partial charge in [-0.25, -0.2) is 9.97 Å². The second-order valence-corrected chi connectivity index (χ2v) is 1.20. The van der Waals surface area contributed by atoms with Gasteiger partial charge in [0.1, 0.15) is 6.33 Å². The largest absolute Gasteiger partial charge is 0.368 e. The molecule has 0 aliphatic heterocycles. The molecule has 1 rings (SSSR count). The first-order valence-electron chi connectivity index (χ1n) is 1.99. The van der Waals surface area contributed by atoms with E-state index in [1.807, 2.05) is 0 Å². The Labute approximate surface area is 45.8 Å². The van der Waals surface area contributed by atoms with Crippen molar-refractivity contribution in [2.45, 2.75) is 0 Å². The molecule has 0 radical (unpaired) electrons. The molecule has 0 spiro atoms. The molecule has 0 fully saturated rings. The molecule has 1 heterocycles. The van der Waals surface area contributed by atoms with Crippen LogP contribution in [-0.2, 0) is 0 Å². The predicted molar refractivity (Wildman–Crippen MR) is 28.7 cm³/mol. The van der Waals surface area contributed by atoms with Crippen LogP contribution in [0.25, 0.3) is 0 Å². The first kappa shape index (κ1) is 4.76. The zero-order valence-corrected chi connectivity index (χ0v) is 4.07. The maximum atomic E-state index is 5.12. The third-order valence-corrected chi connectivity index (χ3v) is 0.609. The van der Waals surface area contributed by atoms with E-state index < -0.39 is 0 Å². The molecule has 0 amide bonds. The molecule has 4 N–H and O–H groups in total. The summed E-state index contributed by atoms with van der Waals surface area (Å²) in [6.45, 7) is 0. The average Bonchev–Trinajstić information content (AvgIpc) is 1.64. The number of rotatable bonds is 0. The highest BCUT2D eigenvalue weighted by molar-refractivity contribution is 5.22. The third kappa shape index (κ3) is 0.810. The van der Waals surface area contributed by atoms with Gasteiger partial charge in [-0.2, -0.15) is 4.98 Å². The van der Waals surface area contributed by atoms with Crippen molar-refractivity contribution in [3.8, 4) is 0 Å². The van der Waals surface area contributed by atoms with E-state index >= 15 is 0 Å². The van der Waals surface area contributed by atoms with Crippen LogP contribution < -0.4 is 11.5 Å². The van der Waals surface area contributed by atoms with Crippen molar-refractivity contribution in [2.75, 3.05) is 11.5 Å². The molecule has 0 bridgehead atoms. The molecule has 0 aliphatic rings. The molecule has 1 aromatic rings. The summed E-state index contributed by atoms with van der Waals surface area (Å²) >= 11 is 0. The van der Waals surface area contributed by atoms with Gasteiger partial charge in [-0.3, -0.25) is 0 Å². The van der Waals surface area contributed by atoms with E-state index in [2.05, 4.69) is 15.0 Å². The van der Waals surface area contributed by atoms with Gasteiger partial charge in [0.05, 0.1) is 0 Å². The molecule has 0 unspecified atom stereocenters. The summed E-state index contributed by atoms with van der Waals surface area (Å²) in [6.07, 6.45) is 1.26. The van der Waals surface area contributed by atoms with Crippen molar-refractivity contribution in [1.82, 2.24) is 15.0 Å². The second kappa shape index (κ2) is 1.61. The molecular formula is C3H5N5. The Morgan fingerprint density at radius 2 is 1.62 bits per heavy atom. The molecule has 5 nitrogen and oxygen atoms in total. The summed E-state index contributed by atoms with van der Waals surface area (Å²) in [4.78, 5) is 10.5. The molecule has 5 heteroatoms. The Bertz CT molecular complexity index is 168. The van der Waals surface area contributed by atoms with Crippen molar-refractivity contribution in [2.24, 2.45) is 0 Å². The maximum Gasteiger partial charge on any atom is 0.224 e. The Hall–Kier alpha value is -1.39. The smallest absolute Gasteiger partial charge is 0.224 e. The van der Waals surface area contributed by atoms with Gasteiger partial charge in [0, 0.05) is 0 Å². The first-order valence-corrected chi connectivity index (χ1v) is 1.99. The van der Waals surface area contributed by atoms with Gasteiger partial charge in [-0.05, 0) is 0 Å². The van der Waals surface area contributed by atoms with Gasteiger partial charge in [0.15, 0.2) is 0 Å². The lowest BCUT2D eigenvalue weighted by Gasteiger charge is -1.88. The summed E-state index contributed by atoms with van der Waals surface area (Å²) < 4.78 is 0. The monoisotopic (exact) mass is 111 g/mol. The Balaban J connectivity index is 3.08. The fourth-order valence-electron chi connectivity index (χ4n) is 0.322. The normalized spacial score (nSPS) is 9.00. The number of nitrogens with two attached hydrogens (primary N) is 2. The van der Waals surface area contributed by atoms with Crippen LogP contribution in [0.15, 0.2) is 6.33 Å². The van der Waals surface area contributed by atoms with Gasteiger partial charge in [0.2, 0.25) is 11.9 Å². The summed E-state index contributed by atoms with van der Waals surface area (Å²) in [7, 11) is 0. The second-order valence-electron chi connectivity index (χ2n) is 1.20. The van der Waals surface area contributed by atoms with Crippen LogP contribution in [0.5, 0.6) is 0 Å². The van der Waals surface area contributed by atoms with E-state index in [1.54, 1.807) is 0 Å². The summed E-state index contributed by atoms with van der Waals surface area (Å²) in [6, 6.07) is 0. The van der Waals surface area contributed by atoms with Crippen LogP contribution in [0.1, 0.15) is 0 Å².